The van der Waals surface area contributed by atoms with Crippen molar-refractivity contribution >= 4 is 11.9 Å². The molecule has 3 N–H and O–H groups in total. The molecule has 1 heterocycles. The molecular formula is C15H15F3N4O3. The van der Waals surface area contributed by atoms with Crippen LogP contribution < -0.4 is 11.1 Å². The van der Waals surface area contributed by atoms with E-state index in [1.807, 2.05) is 0 Å². The summed E-state index contributed by atoms with van der Waals surface area (Å²) in [5, 5.41) is 5.57. The normalized spacial score (nSPS) is 12.5. The first-order valence-corrected chi connectivity index (χ1v) is 7.09. The Hall–Kier alpha value is -2.88. The highest BCUT2D eigenvalue weighted by Gasteiger charge is 2.40. The molecule has 1 aromatic heterocycles. The van der Waals surface area contributed by atoms with Crippen molar-refractivity contribution in [3.8, 4) is 5.69 Å². The molecule has 1 aromatic carbocycles. The van der Waals surface area contributed by atoms with E-state index < -0.39 is 35.4 Å². The van der Waals surface area contributed by atoms with Gasteiger partial charge >= 0.3 is 12.1 Å². The van der Waals surface area contributed by atoms with Crippen molar-refractivity contribution in [2.24, 2.45) is 5.73 Å². The number of esters is 1. The fourth-order valence-electron chi connectivity index (χ4n) is 2.05. The molecule has 0 saturated carbocycles. The molecule has 7 nitrogen and oxygen atoms in total. The van der Waals surface area contributed by atoms with E-state index in [-0.39, 0.29) is 6.54 Å². The summed E-state index contributed by atoms with van der Waals surface area (Å²) in [6.45, 7) is -0.327. The predicted octanol–water partition coefficient (Wildman–Crippen LogP) is 1.12. The monoisotopic (exact) mass is 356 g/mol. The van der Waals surface area contributed by atoms with Gasteiger partial charge in [-0.25, -0.2) is 9.48 Å². The summed E-state index contributed by atoms with van der Waals surface area (Å²) in [5.74, 6) is -1.99. The highest BCUT2D eigenvalue weighted by Crippen LogP contribution is 2.31. The number of methoxy groups -OCH3 is 1. The lowest BCUT2D eigenvalue weighted by Gasteiger charge is -2.14. The van der Waals surface area contributed by atoms with Gasteiger partial charge in [0, 0.05) is 12.7 Å². The first-order valence-electron chi connectivity index (χ1n) is 7.09. The number of carbonyl (C=O) groups excluding carboxylic acids is 2. The predicted molar refractivity (Wildman–Crippen MR) is 80.9 cm³/mol. The fourth-order valence-corrected chi connectivity index (χ4v) is 2.05. The van der Waals surface area contributed by atoms with Gasteiger partial charge in [0.1, 0.15) is 6.04 Å². The molecule has 0 saturated heterocycles. The molecule has 0 aliphatic carbocycles. The Morgan fingerprint density at radius 2 is 1.96 bits per heavy atom. The van der Waals surface area contributed by atoms with Gasteiger partial charge in [-0.1, -0.05) is 18.2 Å². The van der Waals surface area contributed by atoms with Gasteiger partial charge in [0.25, 0.3) is 5.91 Å². The zero-order valence-corrected chi connectivity index (χ0v) is 13.1. The number of alkyl halides is 3. The number of para-hydroxylation sites is 1. The Labute approximate surface area is 140 Å². The van der Waals surface area contributed by atoms with Crippen molar-refractivity contribution in [1.82, 2.24) is 15.1 Å². The second-order valence-corrected chi connectivity index (χ2v) is 4.95. The number of hydrogen-bond acceptors (Lipinski definition) is 5. The van der Waals surface area contributed by atoms with E-state index in [4.69, 9.17) is 5.73 Å². The summed E-state index contributed by atoms with van der Waals surface area (Å²) in [6.07, 6.45) is -3.91. The summed E-state index contributed by atoms with van der Waals surface area (Å²) >= 11 is 0. The molecule has 0 fully saturated rings. The SMILES string of the molecule is COC(=O)[C@H](CN)NC(=O)c1cn(-c2ccccc2)nc1C(F)(F)F. The van der Waals surface area contributed by atoms with E-state index in [9.17, 15) is 22.8 Å². The third kappa shape index (κ3) is 4.15. The van der Waals surface area contributed by atoms with Crippen LogP contribution in [0.15, 0.2) is 36.5 Å². The summed E-state index contributed by atoms with van der Waals surface area (Å²) in [4.78, 5) is 23.7. The van der Waals surface area contributed by atoms with E-state index in [1.165, 1.54) is 12.1 Å². The van der Waals surface area contributed by atoms with Crippen molar-refractivity contribution < 1.29 is 27.5 Å². The highest BCUT2D eigenvalue weighted by molar-refractivity contribution is 5.97. The van der Waals surface area contributed by atoms with Gasteiger partial charge in [0.05, 0.1) is 18.4 Å². The van der Waals surface area contributed by atoms with E-state index in [2.05, 4.69) is 15.2 Å². The molecule has 1 atom stereocenters. The lowest BCUT2D eigenvalue weighted by atomic mass is 10.2. The van der Waals surface area contributed by atoms with Crippen LogP contribution >= 0.6 is 0 Å². The Morgan fingerprint density at radius 3 is 2.48 bits per heavy atom. The lowest BCUT2D eigenvalue weighted by Crippen LogP contribution is -2.46. The number of halogens is 3. The van der Waals surface area contributed by atoms with Gasteiger partial charge in [0.2, 0.25) is 0 Å². The van der Waals surface area contributed by atoms with Crippen LogP contribution in [0.3, 0.4) is 0 Å². The standard InChI is InChI=1S/C15H15F3N4O3/c1-25-14(24)11(7-19)20-13(23)10-8-22(9-5-3-2-4-6-9)21-12(10)15(16,17)18/h2-6,8,11H,7,19H2,1H3,(H,20,23)/t11-/m0/s1. The summed E-state index contributed by atoms with van der Waals surface area (Å²) in [6, 6.07) is 6.72. The van der Waals surface area contributed by atoms with Gasteiger partial charge in [-0.3, -0.25) is 4.79 Å². The molecule has 0 unspecified atom stereocenters. The number of nitrogens with one attached hydrogen (secondary N) is 1. The minimum Gasteiger partial charge on any atom is -0.467 e. The van der Waals surface area contributed by atoms with Crippen LogP contribution in [0, 0.1) is 0 Å². The zero-order valence-electron chi connectivity index (χ0n) is 13.1. The van der Waals surface area contributed by atoms with Crippen LogP contribution in [0.5, 0.6) is 0 Å². The van der Waals surface area contributed by atoms with E-state index >= 15 is 0 Å². The molecule has 0 aliphatic heterocycles. The van der Waals surface area contributed by atoms with Crippen molar-refractivity contribution in [3.05, 3.63) is 47.8 Å². The van der Waals surface area contributed by atoms with Crippen LogP contribution in [0.1, 0.15) is 16.1 Å². The molecule has 2 rings (SSSR count). The van der Waals surface area contributed by atoms with Crippen LogP contribution in [0.2, 0.25) is 0 Å². The topological polar surface area (TPSA) is 99.2 Å². The first kappa shape index (κ1) is 18.5. The fraction of sp³-hybridized carbons (Fsp3) is 0.267. The smallest absolute Gasteiger partial charge is 0.435 e. The Morgan fingerprint density at radius 1 is 1.32 bits per heavy atom. The summed E-state index contributed by atoms with van der Waals surface area (Å²) in [5.41, 5.74) is 3.59. The van der Waals surface area contributed by atoms with Crippen molar-refractivity contribution in [2.45, 2.75) is 12.2 Å². The number of nitrogens with two attached hydrogens (primary N) is 1. The number of rotatable bonds is 5. The van der Waals surface area contributed by atoms with E-state index in [0.717, 1.165) is 18.0 Å². The highest BCUT2D eigenvalue weighted by atomic mass is 19.4. The number of hydrogen-bond donors (Lipinski definition) is 2. The van der Waals surface area contributed by atoms with E-state index in [0.29, 0.717) is 5.69 Å². The molecular weight excluding hydrogens is 341 g/mol. The Bertz CT molecular complexity index is 759. The van der Waals surface area contributed by atoms with E-state index in [1.54, 1.807) is 18.2 Å². The van der Waals surface area contributed by atoms with Gasteiger partial charge in [0.15, 0.2) is 5.69 Å². The minimum atomic E-state index is -4.85. The molecule has 0 radical (unpaired) electrons. The number of amides is 1. The molecule has 0 aliphatic rings. The molecule has 10 heteroatoms. The molecule has 134 valence electrons. The van der Waals surface area contributed by atoms with Crippen LogP contribution in [-0.4, -0.2) is 41.4 Å². The van der Waals surface area contributed by atoms with Gasteiger partial charge < -0.3 is 15.8 Å². The van der Waals surface area contributed by atoms with Gasteiger partial charge in [-0.2, -0.15) is 18.3 Å². The summed E-state index contributed by atoms with van der Waals surface area (Å²) < 4.78 is 45.0. The largest absolute Gasteiger partial charge is 0.467 e. The molecule has 0 bridgehead atoms. The number of benzene rings is 1. The van der Waals surface area contributed by atoms with Crippen LogP contribution in [0.4, 0.5) is 13.2 Å². The number of aromatic nitrogens is 2. The number of carbonyl (C=O) groups is 2. The average Bonchev–Trinajstić information content (AvgIpc) is 3.05. The molecule has 0 spiro atoms. The van der Waals surface area contributed by atoms with Gasteiger partial charge in [-0.15, -0.1) is 0 Å². The maximum Gasteiger partial charge on any atom is 0.435 e. The lowest BCUT2D eigenvalue weighted by molar-refractivity contribution is -0.142. The van der Waals surface area contributed by atoms with Crippen molar-refractivity contribution in [3.63, 3.8) is 0 Å². The molecule has 2 aromatic rings. The zero-order chi connectivity index (χ0) is 18.6. The van der Waals surface area contributed by atoms with Crippen molar-refractivity contribution in [1.29, 1.82) is 0 Å². The third-order valence-electron chi connectivity index (χ3n) is 3.27. The maximum atomic E-state index is 13.2. The quantitative estimate of drug-likeness (QED) is 0.782. The Kier molecular flexibility index (Phi) is 5.42. The maximum absolute atomic E-state index is 13.2. The number of ether oxygens (including phenoxy) is 1. The van der Waals surface area contributed by atoms with Gasteiger partial charge in [-0.05, 0) is 12.1 Å². The number of nitrogens with zero attached hydrogens (tertiary/aromatic N) is 2. The second kappa shape index (κ2) is 7.34. The second-order valence-electron chi connectivity index (χ2n) is 4.95. The third-order valence-corrected chi connectivity index (χ3v) is 3.27. The molecule has 25 heavy (non-hydrogen) atoms. The van der Waals surface area contributed by atoms with Crippen LogP contribution in [-0.2, 0) is 15.7 Å². The van der Waals surface area contributed by atoms with Crippen molar-refractivity contribution in [2.75, 3.05) is 13.7 Å². The molecule has 1 amide bonds. The minimum absolute atomic E-state index is 0.327. The van der Waals surface area contributed by atoms with Crippen LogP contribution in [0.25, 0.3) is 5.69 Å². The Balaban J connectivity index is 2.40. The average molecular weight is 356 g/mol. The first-order chi connectivity index (χ1) is 11.8. The summed E-state index contributed by atoms with van der Waals surface area (Å²) in [7, 11) is 1.08.